The van der Waals surface area contributed by atoms with Gasteiger partial charge in [-0.15, -0.1) is 0 Å². The van der Waals surface area contributed by atoms with Crippen molar-refractivity contribution in [3.8, 4) is 6.07 Å². The molecule has 12 heavy (non-hydrogen) atoms. The molecule has 1 saturated heterocycles. The SMILES string of the molecule is C[C@@](C#N)(C1CC1)N1CC(N)C1. The molecule has 1 aliphatic carbocycles. The first-order valence-electron chi connectivity index (χ1n) is 4.58. The van der Waals surface area contributed by atoms with Gasteiger partial charge in [0.05, 0.1) is 6.07 Å². The minimum absolute atomic E-state index is 0.212. The number of hydrogen-bond acceptors (Lipinski definition) is 3. The normalized spacial score (nSPS) is 30.4. The maximum absolute atomic E-state index is 9.08. The Hall–Kier alpha value is -0.590. The Bertz CT molecular complexity index is 222. The Labute approximate surface area is 73.1 Å². The molecule has 2 N–H and O–H groups in total. The van der Waals surface area contributed by atoms with Crippen molar-refractivity contribution in [3.05, 3.63) is 0 Å². The lowest BCUT2D eigenvalue weighted by atomic mass is 9.90. The summed E-state index contributed by atoms with van der Waals surface area (Å²) in [5.74, 6) is 0.606. The smallest absolute Gasteiger partial charge is 0.109 e. The maximum Gasteiger partial charge on any atom is 0.109 e. The summed E-state index contributed by atoms with van der Waals surface area (Å²) < 4.78 is 0. The zero-order valence-corrected chi connectivity index (χ0v) is 7.45. The summed E-state index contributed by atoms with van der Waals surface area (Å²) in [6.45, 7) is 3.86. The lowest BCUT2D eigenvalue weighted by Crippen LogP contribution is -2.64. The van der Waals surface area contributed by atoms with Crippen LogP contribution >= 0.6 is 0 Å². The molecule has 0 aromatic carbocycles. The third kappa shape index (κ3) is 1.03. The predicted molar refractivity (Wildman–Crippen MR) is 46.3 cm³/mol. The van der Waals surface area contributed by atoms with Crippen molar-refractivity contribution in [2.45, 2.75) is 31.3 Å². The van der Waals surface area contributed by atoms with Crippen molar-refractivity contribution >= 4 is 0 Å². The highest BCUT2D eigenvalue weighted by atomic mass is 15.3. The number of hydrogen-bond donors (Lipinski definition) is 1. The van der Waals surface area contributed by atoms with E-state index >= 15 is 0 Å². The van der Waals surface area contributed by atoms with E-state index < -0.39 is 0 Å². The topological polar surface area (TPSA) is 53.0 Å². The lowest BCUT2D eigenvalue weighted by molar-refractivity contribution is 0.0472. The van der Waals surface area contributed by atoms with Gasteiger partial charge in [0, 0.05) is 19.1 Å². The van der Waals surface area contributed by atoms with Crippen LogP contribution in [-0.4, -0.2) is 29.6 Å². The number of rotatable bonds is 2. The lowest BCUT2D eigenvalue weighted by Gasteiger charge is -2.46. The Morgan fingerprint density at radius 3 is 2.42 bits per heavy atom. The first-order chi connectivity index (χ1) is 5.66. The molecule has 0 aromatic heterocycles. The van der Waals surface area contributed by atoms with Gasteiger partial charge in [-0.05, 0) is 25.7 Å². The van der Waals surface area contributed by atoms with E-state index in [0.29, 0.717) is 12.0 Å². The van der Waals surface area contributed by atoms with Crippen LogP contribution in [-0.2, 0) is 0 Å². The van der Waals surface area contributed by atoms with Crippen LogP contribution in [0, 0.1) is 17.2 Å². The molecule has 2 fully saturated rings. The third-order valence-electron chi connectivity index (χ3n) is 3.17. The predicted octanol–water partition coefficient (Wildman–Crippen LogP) is 0.322. The van der Waals surface area contributed by atoms with Gasteiger partial charge >= 0.3 is 0 Å². The fourth-order valence-corrected chi connectivity index (χ4v) is 1.96. The van der Waals surface area contributed by atoms with Crippen molar-refractivity contribution in [2.75, 3.05) is 13.1 Å². The fraction of sp³-hybridized carbons (Fsp3) is 0.889. The van der Waals surface area contributed by atoms with Crippen LogP contribution in [0.1, 0.15) is 19.8 Å². The molecule has 1 aliphatic heterocycles. The third-order valence-corrected chi connectivity index (χ3v) is 3.17. The summed E-state index contributed by atoms with van der Waals surface area (Å²) in [4.78, 5) is 2.22. The highest BCUT2D eigenvalue weighted by Gasteiger charge is 2.49. The van der Waals surface area contributed by atoms with E-state index in [-0.39, 0.29) is 5.54 Å². The molecule has 0 unspecified atom stereocenters. The molecule has 1 heterocycles. The largest absolute Gasteiger partial charge is 0.325 e. The average Bonchev–Trinajstić information content (AvgIpc) is 2.79. The first-order valence-corrected chi connectivity index (χ1v) is 4.58. The second kappa shape index (κ2) is 2.45. The summed E-state index contributed by atoms with van der Waals surface area (Å²) in [5.41, 5.74) is 5.48. The van der Waals surface area contributed by atoms with Crippen LogP contribution in [0.5, 0.6) is 0 Å². The van der Waals surface area contributed by atoms with E-state index in [9.17, 15) is 0 Å². The molecule has 0 spiro atoms. The van der Waals surface area contributed by atoms with Crippen LogP contribution in [0.3, 0.4) is 0 Å². The van der Waals surface area contributed by atoms with Crippen LogP contribution < -0.4 is 5.73 Å². The number of nitrogens with zero attached hydrogens (tertiary/aromatic N) is 2. The summed E-state index contributed by atoms with van der Waals surface area (Å²) >= 11 is 0. The highest BCUT2D eigenvalue weighted by molar-refractivity contribution is 5.16. The molecule has 0 bridgehead atoms. The molecule has 66 valence electrons. The van der Waals surface area contributed by atoms with Crippen molar-refractivity contribution in [1.29, 1.82) is 5.26 Å². The van der Waals surface area contributed by atoms with E-state index in [1.165, 1.54) is 12.8 Å². The summed E-state index contributed by atoms with van der Waals surface area (Å²) in [6, 6.07) is 2.74. The van der Waals surface area contributed by atoms with Gasteiger partial charge in [0.15, 0.2) is 0 Å². The molecule has 3 nitrogen and oxygen atoms in total. The van der Waals surface area contributed by atoms with E-state index in [4.69, 9.17) is 11.0 Å². The number of nitriles is 1. The van der Waals surface area contributed by atoms with Crippen molar-refractivity contribution < 1.29 is 0 Å². The van der Waals surface area contributed by atoms with Gasteiger partial charge in [-0.25, -0.2) is 0 Å². The van der Waals surface area contributed by atoms with Gasteiger partial charge < -0.3 is 5.73 Å². The number of nitrogens with two attached hydrogens (primary N) is 1. The quantitative estimate of drug-likeness (QED) is 0.641. The van der Waals surface area contributed by atoms with E-state index in [1.807, 2.05) is 0 Å². The average molecular weight is 165 g/mol. The monoisotopic (exact) mass is 165 g/mol. The van der Waals surface area contributed by atoms with E-state index in [2.05, 4.69) is 17.9 Å². The van der Waals surface area contributed by atoms with Gasteiger partial charge in [0.1, 0.15) is 5.54 Å². The second-order valence-electron chi connectivity index (χ2n) is 4.20. The molecule has 0 amide bonds. The molecule has 1 atom stereocenters. The van der Waals surface area contributed by atoms with Gasteiger partial charge in [0.25, 0.3) is 0 Å². The Morgan fingerprint density at radius 2 is 2.08 bits per heavy atom. The number of likely N-dealkylation sites (tertiary alicyclic amines) is 1. The Kier molecular flexibility index (Phi) is 1.64. The molecular weight excluding hydrogens is 150 g/mol. The van der Waals surface area contributed by atoms with E-state index in [0.717, 1.165) is 13.1 Å². The summed E-state index contributed by atoms with van der Waals surface area (Å²) in [6.07, 6.45) is 2.44. The summed E-state index contributed by atoms with van der Waals surface area (Å²) in [5, 5.41) is 9.08. The molecule has 3 heteroatoms. The standard InChI is InChI=1S/C9H15N3/c1-9(6-10,7-2-3-7)12-4-8(11)5-12/h7-8H,2-5,11H2,1H3/t9-/m1/s1. The van der Waals surface area contributed by atoms with Crippen LogP contribution in [0.15, 0.2) is 0 Å². The Balaban J connectivity index is 2.03. The molecule has 2 aliphatic rings. The zero-order valence-electron chi connectivity index (χ0n) is 7.45. The van der Waals surface area contributed by atoms with Gasteiger partial charge in [-0.1, -0.05) is 0 Å². The maximum atomic E-state index is 9.08. The fourth-order valence-electron chi connectivity index (χ4n) is 1.96. The van der Waals surface area contributed by atoms with Crippen molar-refractivity contribution in [1.82, 2.24) is 4.90 Å². The minimum atomic E-state index is -0.212. The van der Waals surface area contributed by atoms with Crippen LogP contribution in [0.25, 0.3) is 0 Å². The summed E-state index contributed by atoms with van der Waals surface area (Å²) in [7, 11) is 0. The molecule has 0 radical (unpaired) electrons. The van der Waals surface area contributed by atoms with Crippen LogP contribution in [0.4, 0.5) is 0 Å². The van der Waals surface area contributed by atoms with Crippen LogP contribution in [0.2, 0.25) is 0 Å². The highest BCUT2D eigenvalue weighted by Crippen LogP contribution is 2.43. The zero-order chi connectivity index (χ0) is 8.77. The second-order valence-corrected chi connectivity index (χ2v) is 4.20. The van der Waals surface area contributed by atoms with Gasteiger partial charge in [0.2, 0.25) is 0 Å². The molecule has 1 saturated carbocycles. The van der Waals surface area contributed by atoms with Crippen molar-refractivity contribution in [3.63, 3.8) is 0 Å². The first kappa shape index (κ1) is 8.03. The van der Waals surface area contributed by atoms with Gasteiger partial charge in [-0.3, -0.25) is 4.90 Å². The molecule has 2 rings (SSSR count). The minimum Gasteiger partial charge on any atom is -0.325 e. The molecular formula is C9H15N3. The molecule has 0 aromatic rings. The van der Waals surface area contributed by atoms with Crippen molar-refractivity contribution in [2.24, 2.45) is 11.7 Å². The Morgan fingerprint density at radius 1 is 1.50 bits per heavy atom. The van der Waals surface area contributed by atoms with Gasteiger partial charge in [-0.2, -0.15) is 5.26 Å². The van der Waals surface area contributed by atoms with E-state index in [1.54, 1.807) is 0 Å².